The van der Waals surface area contributed by atoms with Gasteiger partial charge in [-0.2, -0.15) is 5.10 Å². The summed E-state index contributed by atoms with van der Waals surface area (Å²) in [7, 11) is 3.65. The highest BCUT2D eigenvalue weighted by Gasteiger charge is 2.19. The largest absolute Gasteiger partial charge is 0.382 e. The molecule has 26 heavy (non-hydrogen) atoms. The van der Waals surface area contributed by atoms with E-state index in [1.54, 1.807) is 27.6 Å². The number of fused-ring (bicyclic) bond motifs is 1. The number of nitrogens with two attached hydrogens (primary N) is 1. The number of aryl methyl sites for hydroxylation is 2. The van der Waals surface area contributed by atoms with Gasteiger partial charge in [0.2, 0.25) is 0 Å². The zero-order chi connectivity index (χ0) is 18.4. The molecule has 6 heteroatoms. The molecule has 0 radical (unpaired) electrons. The first-order chi connectivity index (χ1) is 12.5. The van der Waals surface area contributed by atoms with Gasteiger partial charge in [-0.05, 0) is 17.2 Å². The van der Waals surface area contributed by atoms with Gasteiger partial charge in [0, 0.05) is 42.0 Å². The van der Waals surface area contributed by atoms with E-state index in [0.717, 1.165) is 26.1 Å². The number of nitrogens with zero attached hydrogens (tertiary/aromatic N) is 3. The highest BCUT2D eigenvalue weighted by molar-refractivity contribution is 7.22. The van der Waals surface area contributed by atoms with Crippen LogP contribution in [0.2, 0.25) is 0 Å². The molecule has 0 spiro atoms. The summed E-state index contributed by atoms with van der Waals surface area (Å²) in [5.74, 6) is 0.664. The number of rotatable bonds is 3. The third-order valence-electron chi connectivity index (χ3n) is 4.77. The molecule has 0 aliphatic rings. The van der Waals surface area contributed by atoms with Crippen LogP contribution < -0.4 is 11.3 Å². The predicted octanol–water partition coefficient (Wildman–Crippen LogP) is 3.73. The first kappa shape index (κ1) is 16.6. The molecule has 3 aromatic heterocycles. The number of anilines is 1. The average Bonchev–Trinajstić information content (AvgIpc) is 3.21. The molecule has 1 aromatic carbocycles. The van der Waals surface area contributed by atoms with Crippen molar-refractivity contribution < 1.29 is 0 Å². The first-order valence-corrected chi connectivity index (χ1v) is 9.25. The van der Waals surface area contributed by atoms with Crippen LogP contribution in [-0.2, 0) is 14.1 Å². The maximum Gasteiger partial charge on any atom is 0.259 e. The van der Waals surface area contributed by atoms with Crippen LogP contribution in [0.15, 0.2) is 53.6 Å². The van der Waals surface area contributed by atoms with Gasteiger partial charge in [0.05, 0.1) is 10.9 Å². The molecule has 4 rings (SSSR count). The molecule has 0 bridgehead atoms. The smallest absolute Gasteiger partial charge is 0.259 e. The van der Waals surface area contributed by atoms with Crippen LogP contribution in [0, 0.1) is 0 Å². The van der Waals surface area contributed by atoms with Gasteiger partial charge in [0.25, 0.3) is 5.56 Å². The van der Waals surface area contributed by atoms with E-state index in [2.05, 4.69) is 24.2 Å². The summed E-state index contributed by atoms with van der Waals surface area (Å²) in [4.78, 5) is 13.7. The molecule has 0 fully saturated rings. The lowest BCUT2D eigenvalue weighted by atomic mass is 9.94. The van der Waals surface area contributed by atoms with Gasteiger partial charge in [-0.15, -0.1) is 11.3 Å². The fourth-order valence-corrected chi connectivity index (χ4v) is 4.61. The molecular weight excluding hydrogens is 344 g/mol. The average molecular weight is 364 g/mol. The Bertz CT molecular complexity index is 1150. The number of hydrogen-bond donors (Lipinski definition) is 1. The van der Waals surface area contributed by atoms with Crippen molar-refractivity contribution in [2.45, 2.75) is 12.8 Å². The van der Waals surface area contributed by atoms with Gasteiger partial charge < -0.3 is 10.3 Å². The van der Waals surface area contributed by atoms with E-state index in [-0.39, 0.29) is 11.5 Å². The molecule has 4 aromatic rings. The first-order valence-electron chi connectivity index (χ1n) is 8.43. The molecular formula is C20H20N4OS. The van der Waals surface area contributed by atoms with Crippen LogP contribution >= 0.6 is 11.3 Å². The van der Waals surface area contributed by atoms with Crippen LogP contribution in [-0.4, -0.2) is 14.3 Å². The molecule has 0 saturated heterocycles. The van der Waals surface area contributed by atoms with E-state index in [1.807, 2.05) is 43.7 Å². The minimum Gasteiger partial charge on any atom is -0.382 e. The summed E-state index contributed by atoms with van der Waals surface area (Å²) in [5, 5.41) is 4.95. The van der Waals surface area contributed by atoms with Gasteiger partial charge in [0.15, 0.2) is 5.82 Å². The van der Waals surface area contributed by atoms with Crippen LogP contribution in [0.1, 0.15) is 24.0 Å². The Morgan fingerprint density at radius 1 is 1.15 bits per heavy atom. The standard InChI is InChI=1S/C20H20N4OS/c1-12(13-7-5-4-6-8-13)15-10-23(2)20(25)14-9-17(26-18(14)15)16-11-24(3)22-19(16)21/h4-12H,1-3H3,(H2,21,22). The van der Waals surface area contributed by atoms with Gasteiger partial charge in [-0.25, -0.2) is 0 Å². The lowest BCUT2D eigenvalue weighted by molar-refractivity contribution is 0.772. The molecule has 0 aliphatic heterocycles. The molecule has 5 nitrogen and oxygen atoms in total. The van der Waals surface area contributed by atoms with E-state index in [4.69, 9.17) is 5.73 Å². The monoisotopic (exact) mass is 364 g/mol. The van der Waals surface area contributed by atoms with Gasteiger partial charge in [0.1, 0.15) is 0 Å². The van der Waals surface area contributed by atoms with E-state index < -0.39 is 0 Å². The maximum absolute atomic E-state index is 12.7. The molecule has 3 heterocycles. The Balaban J connectivity index is 1.96. The number of benzene rings is 1. The van der Waals surface area contributed by atoms with Crippen LogP contribution in [0.3, 0.4) is 0 Å². The molecule has 132 valence electrons. The normalized spacial score (nSPS) is 12.6. The summed E-state index contributed by atoms with van der Waals surface area (Å²) >= 11 is 1.60. The highest BCUT2D eigenvalue weighted by atomic mass is 32.1. The van der Waals surface area contributed by atoms with Crippen molar-refractivity contribution in [2.75, 3.05) is 5.73 Å². The van der Waals surface area contributed by atoms with Crippen molar-refractivity contribution >= 4 is 27.2 Å². The topological polar surface area (TPSA) is 65.8 Å². The van der Waals surface area contributed by atoms with Gasteiger partial charge in [-0.1, -0.05) is 37.3 Å². The second-order valence-electron chi connectivity index (χ2n) is 6.59. The number of pyridine rings is 1. The Hall–Kier alpha value is -2.86. The Morgan fingerprint density at radius 3 is 2.54 bits per heavy atom. The third-order valence-corrected chi connectivity index (χ3v) is 5.98. The SMILES string of the molecule is CC(c1ccccc1)c1cn(C)c(=O)c2cc(-c3cn(C)nc3N)sc12. The van der Waals surface area contributed by atoms with Crippen molar-refractivity contribution in [3.63, 3.8) is 0 Å². The Labute approximate surface area is 155 Å². The summed E-state index contributed by atoms with van der Waals surface area (Å²) in [6.45, 7) is 2.17. The van der Waals surface area contributed by atoms with Crippen molar-refractivity contribution in [1.29, 1.82) is 0 Å². The minimum atomic E-state index is 0.00831. The molecule has 2 N–H and O–H groups in total. The number of thiophene rings is 1. The summed E-state index contributed by atoms with van der Waals surface area (Å²) in [6, 6.07) is 12.3. The molecule has 1 atom stereocenters. The fourth-order valence-electron chi connectivity index (χ4n) is 3.34. The predicted molar refractivity (Wildman–Crippen MR) is 108 cm³/mol. The third kappa shape index (κ3) is 2.63. The van der Waals surface area contributed by atoms with E-state index in [9.17, 15) is 4.79 Å². The quantitative estimate of drug-likeness (QED) is 0.602. The molecule has 0 saturated carbocycles. The van der Waals surface area contributed by atoms with E-state index in [0.29, 0.717) is 5.82 Å². The van der Waals surface area contributed by atoms with Crippen molar-refractivity contribution in [2.24, 2.45) is 14.1 Å². The van der Waals surface area contributed by atoms with Crippen molar-refractivity contribution in [1.82, 2.24) is 14.3 Å². The summed E-state index contributed by atoms with van der Waals surface area (Å²) < 4.78 is 4.38. The summed E-state index contributed by atoms with van der Waals surface area (Å²) in [6.07, 6.45) is 3.85. The number of aromatic nitrogens is 3. The number of nitrogen functional groups attached to an aromatic ring is 1. The Morgan fingerprint density at radius 2 is 1.88 bits per heavy atom. The van der Waals surface area contributed by atoms with Crippen LogP contribution in [0.25, 0.3) is 20.5 Å². The maximum atomic E-state index is 12.7. The van der Waals surface area contributed by atoms with E-state index in [1.165, 1.54) is 5.56 Å². The van der Waals surface area contributed by atoms with Crippen LogP contribution in [0.5, 0.6) is 0 Å². The lowest BCUT2D eigenvalue weighted by Gasteiger charge is -2.14. The second-order valence-corrected chi connectivity index (χ2v) is 7.64. The molecule has 0 aliphatic carbocycles. The lowest BCUT2D eigenvalue weighted by Crippen LogP contribution is -2.17. The van der Waals surface area contributed by atoms with Gasteiger partial charge in [-0.3, -0.25) is 9.48 Å². The molecule has 1 unspecified atom stereocenters. The minimum absolute atomic E-state index is 0.00831. The van der Waals surface area contributed by atoms with E-state index >= 15 is 0 Å². The highest BCUT2D eigenvalue weighted by Crippen LogP contribution is 2.39. The second kappa shape index (κ2) is 6.14. The zero-order valence-corrected chi connectivity index (χ0v) is 15.7. The molecule has 0 amide bonds. The van der Waals surface area contributed by atoms with Crippen molar-refractivity contribution in [3.05, 3.63) is 70.3 Å². The summed E-state index contributed by atoms with van der Waals surface area (Å²) in [5.41, 5.74) is 9.29. The van der Waals surface area contributed by atoms with Crippen molar-refractivity contribution in [3.8, 4) is 10.4 Å². The number of hydrogen-bond acceptors (Lipinski definition) is 4. The van der Waals surface area contributed by atoms with Gasteiger partial charge >= 0.3 is 0 Å². The Kier molecular flexibility index (Phi) is 3.92. The van der Waals surface area contributed by atoms with Crippen LogP contribution in [0.4, 0.5) is 5.82 Å². The zero-order valence-electron chi connectivity index (χ0n) is 14.9. The fraction of sp³-hybridized carbons (Fsp3) is 0.200.